The molecule has 1 aliphatic carbocycles. The molecule has 2 rings (SSSR count). The molecule has 0 aliphatic heterocycles. The van der Waals surface area contributed by atoms with Gasteiger partial charge in [-0.25, -0.2) is 0 Å². The summed E-state index contributed by atoms with van der Waals surface area (Å²) in [6.07, 6.45) is 2.13. The number of ether oxygens (including phenoxy) is 1. The summed E-state index contributed by atoms with van der Waals surface area (Å²) in [6, 6.07) is 0. The Morgan fingerprint density at radius 3 is 2.26 bits per heavy atom. The van der Waals surface area contributed by atoms with Gasteiger partial charge in [-0.15, -0.1) is 0 Å². The van der Waals surface area contributed by atoms with Crippen LogP contribution < -0.4 is 4.74 Å². The topological polar surface area (TPSA) is 46.5 Å². The zero-order valence-electron chi connectivity index (χ0n) is 11.8. The van der Waals surface area contributed by atoms with E-state index in [2.05, 4.69) is 22.9 Å². The third-order valence-corrected chi connectivity index (χ3v) is 5.21. The molecule has 1 aliphatic rings. The molecule has 0 bridgehead atoms. The molecule has 104 valence electrons. The highest BCUT2D eigenvalue weighted by atomic mass is 79.9. The zero-order chi connectivity index (χ0) is 14.4. The van der Waals surface area contributed by atoms with Crippen LogP contribution in [0.2, 0.25) is 0 Å². The van der Waals surface area contributed by atoms with Gasteiger partial charge in [0.05, 0.1) is 18.0 Å². The maximum atomic E-state index is 11.1. The Morgan fingerprint density at radius 2 is 1.84 bits per heavy atom. The number of benzene rings is 1. The molecule has 1 aromatic carbocycles. The lowest BCUT2D eigenvalue weighted by Gasteiger charge is -2.24. The van der Waals surface area contributed by atoms with Crippen molar-refractivity contribution in [3.8, 4) is 5.75 Å². The minimum absolute atomic E-state index is 0.167. The van der Waals surface area contributed by atoms with E-state index in [0.717, 1.165) is 39.8 Å². The first-order chi connectivity index (χ1) is 8.84. The van der Waals surface area contributed by atoms with E-state index in [4.69, 9.17) is 9.84 Å². The molecule has 0 amide bonds. The first-order valence-corrected chi connectivity index (χ1v) is 7.19. The summed E-state index contributed by atoms with van der Waals surface area (Å²) in [4.78, 5) is 11.1. The van der Waals surface area contributed by atoms with Crippen LogP contribution >= 0.6 is 15.9 Å². The van der Waals surface area contributed by atoms with Crippen molar-refractivity contribution in [1.82, 2.24) is 0 Å². The van der Waals surface area contributed by atoms with Crippen LogP contribution in [0.3, 0.4) is 0 Å². The van der Waals surface area contributed by atoms with Gasteiger partial charge in [-0.3, -0.25) is 4.79 Å². The lowest BCUT2D eigenvalue weighted by atomic mass is 9.83. The van der Waals surface area contributed by atoms with Crippen molar-refractivity contribution < 1.29 is 14.6 Å². The van der Waals surface area contributed by atoms with Crippen molar-refractivity contribution >= 4 is 21.9 Å². The van der Waals surface area contributed by atoms with Gasteiger partial charge < -0.3 is 9.84 Å². The second kappa shape index (κ2) is 4.82. The van der Waals surface area contributed by atoms with Crippen LogP contribution in [0, 0.1) is 20.8 Å². The number of hydrogen-bond donors (Lipinski definition) is 1. The zero-order valence-corrected chi connectivity index (χ0v) is 13.3. The standard InChI is InChI=1S/C15H19BrO3/c1-8-9(2)14(19-4)13(16)10(3)12(8)15(5-6-15)7-11(17)18/h5-7H2,1-4H3,(H,17,18). The third kappa shape index (κ3) is 2.27. The van der Waals surface area contributed by atoms with E-state index in [1.807, 2.05) is 13.8 Å². The van der Waals surface area contributed by atoms with Crippen LogP contribution in [0.5, 0.6) is 5.75 Å². The minimum atomic E-state index is -0.721. The quantitative estimate of drug-likeness (QED) is 0.913. The smallest absolute Gasteiger partial charge is 0.304 e. The molecule has 0 radical (unpaired) electrons. The van der Waals surface area contributed by atoms with Gasteiger partial charge in [-0.1, -0.05) is 0 Å². The fourth-order valence-electron chi connectivity index (χ4n) is 3.08. The summed E-state index contributed by atoms with van der Waals surface area (Å²) < 4.78 is 6.39. The van der Waals surface area contributed by atoms with Gasteiger partial charge in [0.15, 0.2) is 0 Å². The molecule has 3 nitrogen and oxygen atoms in total. The normalized spacial score (nSPS) is 16.3. The number of methoxy groups -OCH3 is 1. The Labute approximate surface area is 122 Å². The molecule has 0 unspecified atom stereocenters. The van der Waals surface area contributed by atoms with Gasteiger partial charge in [0, 0.05) is 5.41 Å². The Bertz CT molecular complexity index is 516. The molecule has 4 heteroatoms. The Morgan fingerprint density at radius 1 is 1.26 bits per heavy atom. The monoisotopic (exact) mass is 326 g/mol. The maximum Gasteiger partial charge on any atom is 0.304 e. The molecule has 1 fully saturated rings. The van der Waals surface area contributed by atoms with Gasteiger partial charge in [0.25, 0.3) is 0 Å². The van der Waals surface area contributed by atoms with Crippen LogP contribution in [-0.4, -0.2) is 18.2 Å². The second-order valence-corrected chi connectivity index (χ2v) is 6.24. The predicted octanol–water partition coefficient (Wildman–Crippen LogP) is 3.89. The van der Waals surface area contributed by atoms with Gasteiger partial charge in [0.2, 0.25) is 0 Å². The number of halogens is 1. The average molecular weight is 327 g/mol. The second-order valence-electron chi connectivity index (χ2n) is 5.45. The first kappa shape index (κ1) is 14.4. The van der Waals surface area contributed by atoms with Crippen molar-refractivity contribution in [2.75, 3.05) is 7.11 Å². The van der Waals surface area contributed by atoms with Gasteiger partial charge in [0.1, 0.15) is 5.75 Å². The number of carboxylic acid groups (broad SMARTS) is 1. The molecular weight excluding hydrogens is 308 g/mol. The number of carboxylic acids is 1. The minimum Gasteiger partial charge on any atom is -0.495 e. The molecule has 0 heterocycles. The van der Waals surface area contributed by atoms with Crippen LogP contribution in [0.4, 0.5) is 0 Å². The lowest BCUT2D eigenvalue weighted by molar-refractivity contribution is -0.137. The van der Waals surface area contributed by atoms with Crippen LogP contribution in [0.25, 0.3) is 0 Å². The highest BCUT2D eigenvalue weighted by Gasteiger charge is 2.48. The molecular formula is C15H19BrO3. The van der Waals surface area contributed by atoms with Crippen LogP contribution in [-0.2, 0) is 10.2 Å². The van der Waals surface area contributed by atoms with Crippen molar-refractivity contribution in [2.24, 2.45) is 0 Å². The highest BCUT2D eigenvalue weighted by molar-refractivity contribution is 9.10. The molecule has 1 saturated carbocycles. The number of aliphatic carboxylic acids is 1. The number of carbonyl (C=O) groups is 1. The third-order valence-electron chi connectivity index (χ3n) is 4.26. The molecule has 1 N–H and O–H groups in total. The molecule has 0 saturated heterocycles. The Kier molecular flexibility index (Phi) is 3.65. The molecule has 0 atom stereocenters. The van der Waals surface area contributed by atoms with E-state index >= 15 is 0 Å². The summed E-state index contributed by atoms with van der Waals surface area (Å²) in [6.45, 7) is 6.13. The van der Waals surface area contributed by atoms with E-state index in [1.54, 1.807) is 7.11 Å². The Balaban J connectivity index is 2.62. The SMILES string of the molecule is COc1c(C)c(C)c(C2(CC(=O)O)CC2)c(C)c1Br. The molecule has 1 aromatic rings. The van der Waals surface area contributed by atoms with Crippen LogP contribution in [0.15, 0.2) is 4.47 Å². The van der Waals surface area contributed by atoms with Crippen molar-refractivity contribution in [1.29, 1.82) is 0 Å². The largest absolute Gasteiger partial charge is 0.495 e. The van der Waals surface area contributed by atoms with Gasteiger partial charge in [-0.05, 0) is 71.8 Å². The van der Waals surface area contributed by atoms with Gasteiger partial charge >= 0.3 is 5.97 Å². The summed E-state index contributed by atoms with van der Waals surface area (Å²) in [7, 11) is 1.66. The van der Waals surface area contributed by atoms with E-state index in [-0.39, 0.29) is 11.8 Å². The molecule has 0 spiro atoms. The highest BCUT2D eigenvalue weighted by Crippen LogP contribution is 2.55. The summed E-state index contributed by atoms with van der Waals surface area (Å²) in [5.41, 5.74) is 4.39. The Hall–Kier alpha value is -1.03. The van der Waals surface area contributed by atoms with Crippen molar-refractivity contribution in [3.05, 3.63) is 26.7 Å². The van der Waals surface area contributed by atoms with E-state index in [1.165, 1.54) is 5.56 Å². The fraction of sp³-hybridized carbons (Fsp3) is 0.533. The van der Waals surface area contributed by atoms with Gasteiger partial charge in [-0.2, -0.15) is 0 Å². The number of rotatable bonds is 4. The molecule has 0 aromatic heterocycles. The number of hydrogen-bond acceptors (Lipinski definition) is 2. The summed E-state index contributed by atoms with van der Waals surface area (Å²) >= 11 is 3.59. The first-order valence-electron chi connectivity index (χ1n) is 6.39. The lowest BCUT2D eigenvalue weighted by Crippen LogP contribution is -2.17. The molecule has 19 heavy (non-hydrogen) atoms. The summed E-state index contributed by atoms with van der Waals surface area (Å²) in [5, 5.41) is 9.14. The van der Waals surface area contributed by atoms with Crippen molar-refractivity contribution in [3.63, 3.8) is 0 Å². The van der Waals surface area contributed by atoms with Crippen molar-refractivity contribution in [2.45, 2.75) is 45.4 Å². The fourth-order valence-corrected chi connectivity index (χ4v) is 3.73. The van der Waals surface area contributed by atoms with E-state index in [0.29, 0.717) is 0 Å². The predicted molar refractivity (Wildman–Crippen MR) is 78.1 cm³/mol. The summed E-state index contributed by atoms with van der Waals surface area (Å²) in [5.74, 6) is 0.130. The average Bonchev–Trinajstić information content (AvgIpc) is 3.07. The maximum absolute atomic E-state index is 11.1. The van der Waals surface area contributed by atoms with E-state index < -0.39 is 5.97 Å². The van der Waals surface area contributed by atoms with E-state index in [9.17, 15) is 4.79 Å². The van der Waals surface area contributed by atoms with Crippen LogP contribution in [0.1, 0.15) is 41.5 Å².